The van der Waals surface area contributed by atoms with Gasteiger partial charge in [-0.25, -0.2) is 4.98 Å². The standard InChI is InChI=1S/C13H11ClN2O3/c14-12-4-2-8-9(15-12)6-16(13(8)19)10-3-1-7(17)5-11(10)18/h2,4,10H,1,3,5-6H2. The third kappa shape index (κ3) is 2.04. The first-order chi connectivity index (χ1) is 9.06. The highest BCUT2D eigenvalue weighted by Gasteiger charge is 2.39. The number of nitrogens with zero attached hydrogens (tertiary/aromatic N) is 2. The summed E-state index contributed by atoms with van der Waals surface area (Å²) >= 11 is 5.80. The number of pyridine rings is 1. The normalized spacial score (nSPS) is 22.9. The first-order valence-electron chi connectivity index (χ1n) is 6.07. The van der Waals surface area contributed by atoms with Gasteiger partial charge in [0.2, 0.25) is 0 Å². The van der Waals surface area contributed by atoms with Crippen LogP contribution in [0, 0.1) is 0 Å². The molecule has 1 unspecified atom stereocenters. The highest BCUT2D eigenvalue weighted by atomic mass is 35.5. The average Bonchev–Trinajstić information content (AvgIpc) is 2.66. The number of ketones is 2. The van der Waals surface area contributed by atoms with Gasteiger partial charge in [-0.05, 0) is 18.6 Å². The predicted molar refractivity (Wildman–Crippen MR) is 66.8 cm³/mol. The second-order valence-corrected chi connectivity index (χ2v) is 5.18. The molecule has 1 atom stereocenters. The molecule has 1 aliphatic carbocycles. The summed E-state index contributed by atoms with van der Waals surface area (Å²) in [6.45, 7) is 0.291. The van der Waals surface area contributed by atoms with Crippen LogP contribution < -0.4 is 0 Å². The smallest absolute Gasteiger partial charge is 0.256 e. The molecule has 1 amide bonds. The molecule has 0 N–H and O–H groups in total. The lowest BCUT2D eigenvalue weighted by molar-refractivity contribution is -0.133. The van der Waals surface area contributed by atoms with Gasteiger partial charge >= 0.3 is 0 Å². The third-order valence-corrected chi connectivity index (χ3v) is 3.78. The number of carbonyl (C=O) groups excluding carboxylic acids is 3. The maximum atomic E-state index is 12.2. The van der Waals surface area contributed by atoms with Gasteiger partial charge in [0, 0.05) is 6.42 Å². The van der Waals surface area contributed by atoms with Crippen molar-refractivity contribution in [1.29, 1.82) is 0 Å². The molecule has 1 aromatic heterocycles. The Bertz CT molecular complexity index is 600. The van der Waals surface area contributed by atoms with Crippen molar-refractivity contribution in [3.05, 3.63) is 28.5 Å². The van der Waals surface area contributed by atoms with Gasteiger partial charge in [0.15, 0.2) is 5.78 Å². The molecule has 0 saturated heterocycles. The Balaban J connectivity index is 1.87. The van der Waals surface area contributed by atoms with E-state index in [4.69, 9.17) is 11.6 Å². The minimum Gasteiger partial charge on any atom is -0.323 e. The molecule has 2 heterocycles. The summed E-state index contributed by atoms with van der Waals surface area (Å²) in [6, 6.07) is 2.69. The van der Waals surface area contributed by atoms with E-state index in [1.165, 1.54) is 4.90 Å². The van der Waals surface area contributed by atoms with Crippen molar-refractivity contribution in [2.24, 2.45) is 0 Å². The molecule has 1 aromatic rings. The summed E-state index contributed by atoms with van der Waals surface area (Å²) in [4.78, 5) is 41.0. The Morgan fingerprint density at radius 1 is 1.26 bits per heavy atom. The lowest BCUT2D eigenvalue weighted by atomic mass is 9.92. The van der Waals surface area contributed by atoms with E-state index in [2.05, 4.69) is 4.98 Å². The quantitative estimate of drug-likeness (QED) is 0.575. The number of amides is 1. The van der Waals surface area contributed by atoms with Crippen LogP contribution in [0.1, 0.15) is 35.3 Å². The van der Waals surface area contributed by atoms with E-state index in [9.17, 15) is 14.4 Å². The Labute approximate surface area is 114 Å². The van der Waals surface area contributed by atoms with E-state index < -0.39 is 6.04 Å². The third-order valence-electron chi connectivity index (χ3n) is 3.57. The van der Waals surface area contributed by atoms with Crippen molar-refractivity contribution in [3.63, 3.8) is 0 Å². The van der Waals surface area contributed by atoms with Gasteiger partial charge in [-0.3, -0.25) is 14.4 Å². The molecule has 0 radical (unpaired) electrons. The summed E-state index contributed by atoms with van der Waals surface area (Å²) in [5.74, 6) is -0.429. The van der Waals surface area contributed by atoms with Gasteiger partial charge in [0.1, 0.15) is 10.9 Å². The second-order valence-electron chi connectivity index (χ2n) is 4.80. The molecule has 1 aliphatic heterocycles. The minimum atomic E-state index is -0.502. The number of carbonyl (C=O) groups is 3. The second kappa shape index (κ2) is 4.42. The number of fused-ring (bicyclic) bond motifs is 1. The van der Waals surface area contributed by atoms with Gasteiger partial charge in [-0.2, -0.15) is 0 Å². The van der Waals surface area contributed by atoms with Gasteiger partial charge in [-0.1, -0.05) is 11.6 Å². The van der Waals surface area contributed by atoms with Crippen LogP contribution in [0.25, 0.3) is 0 Å². The summed E-state index contributed by atoms with van der Waals surface area (Å²) in [7, 11) is 0. The molecule has 98 valence electrons. The van der Waals surface area contributed by atoms with Crippen molar-refractivity contribution >= 4 is 29.1 Å². The minimum absolute atomic E-state index is 0.0495. The number of halogens is 1. The van der Waals surface area contributed by atoms with Gasteiger partial charge < -0.3 is 4.90 Å². The fourth-order valence-electron chi connectivity index (χ4n) is 2.62. The number of hydrogen-bond acceptors (Lipinski definition) is 4. The van der Waals surface area contributed by atoms with Crippen LogP contribution in [0.4, 0.5) is 0 Å². The van der Waals surface area contributed by atoms with Crippen molar-refractivity contribution in [1.82, 2.24) is 9.88 Å². The molecule has 0 aromatic carbocycles. The largest absolute Gasteiger partial charge is 0.323 e. The lowest BCUT2D eigenvalue weighted by Gasteiger charge is -2.28. The number of rotatable bonds is 1. The fourth-order valence-corrected chi connectivity index (χ4v) is 2.78. The molecule has 1 saturated carbocycles. The predicted octanol–water partition coefficient (Wildman–Crippen LogP) is 1.38. The molecule has 0 bridgehead atoms. The average molecular weight is 279 g/mol. The van der Waals surface area contributed by atoms with Crippen molar-refractivity contribution in [2.75, 3.05) is 0 Å². The molecule has 6 heteroatoms. The zero-order valence-corrected chi connectivity index (χ0v) is 10.8. The van der Waals surface area contributed by atoms with E-state index in [1.807, 2.05) is 0 Å². The summed E-state index contributed by atoms with van der Waals surface area (Å²) in [6.07, 6.45) is 0.689. The zero-order chi connectivity index (χ0) is 13.6. The molecule has 3 rings (SSSR count). The van der Waals surface area contributed by atoms with E-state index >= 15 is 0 Å². The van der Waals surface area contributed by atoms with Crippen LogP contribution in [-0.2, 0) is 16.1 Å². The van der Waals surface area contributed by atoms with Gasteiger partial charge in [0.25, 0.3) is 5.91 Å². The van der Waals surface area contributed by atoms with Gasteiger partial charge in [-0.15, -0.1) is 0 Å². The first kappa shape index (κ1) is 12.3. The number of aromatic nitrogens is 1. The Hall–Kier alpha value is -1.75. The maximum absolute atomic E-state index is 12.2. The van der Waals surface area contributed by atoms with E-state index in [0.717, 1.165) is 0 Å². The van der Waals surface area contributed by atoms with Crippen LogP contribution in [0.5, 0.6) is 0 Å². The zero-order valence-electron chi connectivity index (χ0n) is 10.1. The monoisotopic (exact) mass is 278 g/mol. The molecule has 5 nitrogen and oxygen atoms in total. The topological polar surface area (TPSA) is 67.3 Å². The van der Waals surface area contributed by atoms with Crippen LogP contribution in [-0.4, -0.2) is 33.4 Å². The SMILES string of the molecule is O=C1CCC(N2Cc3nc(Cl)ccc3C2=O)C(=O)C1. The summed E-state index contributed by atoms with van der Waals surface area (Å²) in [5.41, 5.74) is 1.09. The maximum Gasteiger partial charge on any atom is 0.256 e. The highest BCUT2D eigenvalue weighted by molar-refractivity contribution is 6.29. The van der Waals surface area contributed by atoms with E-state index in [1.54, 1.807) is 12.1 Å². The highest BCUT2D eigenvalue weighted by Crippen LogP contribution is 2.28. The van der Waals surface area contributed by atoms with Crippen LogP contribution >= 0.6 is 11.6 Å². The molecular formula is C13H11ClN2O3. The Kier molecular flexibility index (Phi) is 2.86. The van der Waals surface area contributed by atoms with Crippen LogP contribution in [0.15, 0.2) is 12.1 Å². The number of hydrogen-bond donors (Lipinski definition) is 0. The van der Waals surface area contributed by atoms with Crippen LogP contribution in [0.3, 0.4) is 0 Å². The molecule has 0 spiro atoms. The lowest BCUT2D eigenvalue weighted by Crippen LogP contribution is -2.44. The van der Waals surface area contributed by atoms with E-state index in [-0.39, 0.29) is 23.9 Å². The molecule has 1 fully saturated rings. The Morgan fingerprint density at radius 2 is 2.05 bits per heavy atom. The van der Waals surface area contributed by atoms with E-state index in [0.29, 0.717) is 35.8 Å². The first-order valence-corrected chi connectivity index (χ1v) is 6.45. The van der Waals surface area contributed by atoms with Gasteiger partial charge in [0.05, 0.1) is 30.3 Å². The number of Topliss-reactive ketones (excluding diaryl/α,β-unsaturated/α-hetero) is 2. The summed E-state index contributed by atoms with van der Waals surface area (Å²) in [5, 5.41) is 0.332. The molecular weight excluding hydrogens is 268 g/mol. The summed E-state index contributed by atoms with van der Waals surface area (Å²) < 4.78 is 0. The van der Waals surface area contributed by atoms with Crippen molar-refractivity contribution in [2.45, 2.75) is 31.8 Å². The van der Waals surface area contributed by atoms with Crippen molar-refractivity contribution < 1.29 is 14.4 Å². The Morgan fingerprint density at radius 3 is 2.79 bits per heavy atom. The van der Waals surface area contributed by atoms with Crippen molar-refractivity contribution in [3.8, 4) is 0 Å². The fraction of sp³-hybridized carbons (Fsp3) is 0.385. The van der Waals surface area contributed by atoms with Crippen LogP contribution in [0.2, 0.25) is 5.15 Å². The molecule has 19 heavy (non-hydrogen) atoms. The molecule has 2 aliphatic rings.